The zero-order valence-electron chi connectivity index (χ0n) is 9.96. The van der Waals surface area contributed by atoms with Gasteiger partial charge in [0.05, 0.1) is 20.5 Å². The maximum atomic E-state index is 3.62. The summed E-state index contributed by atoms with van der Waals surface area (Å²) in [4.78, 5) is 0. The predicted octanol–water partition coefficient (Wildman–Crippen LogP) is 1.58. The second-order valence-corrected chi connectivity index (χ2v) is 6.30. The van der Waals surface area contributed by atoms with E-state index in [1.54, 1.807) is 0 Å². The van der Waals surface area contributed by atoms with Crippen LogP contribution < -0.4 is 10.4 Å². The van der Waals surface area contributed by atoms with Gasteiger partial charge in [0, 0.05) is 5.41 Å². The summed E-state index contributed by atoms with van der Waals surface area (Å²) >= 11 is 0. The fourth-order valence-electron chi connectivity index (χ4n) is 2.74. The van der Waals surface area contributed by atoms with Crippen LogP contribution in [0.15, 0.2) is 36.4 Å². The smallest absolute Gasteiger partial charge is 0.0670 e. The Labute approximate surface area is 109 Å². The van der Waals surface area contributed by atoms with Gasteiger partial charge in [-0.3, -0.25) is 0 Å². The van der Waals surface area contributed by atoms with Crippen LogP contribution in [-0.4, -0.2) is 20.5 Å². The van der Waals surface area contributed by atoms with Gasteiger partial charge >= 0.3 is 0 Å². The van der Waals surface area contributed by atoms with E-state index in [0.717, 1.165) is 10.4 Å². The Morgan fingerprint density at radius 2 is 1.18 bits per heavy atom. The molecule has 0 saturated carbocycles. The predicted molar refractivity (Wildman–Crippen MR) is 74.8 cm³/mol. The summed E-state index contributed by atoms with van der Waals surface area (Å²) in [6, 6.07) is 13.1. The molecule has 80 valence electrons. The lowest BCUT2D eigenvalue weighted by Crippen LogP contribution is -2.19. The molecular formula is C15H12Si2. The van der Waals surface area contributed by atoms with Crippen LogP contribution in [0.25, 0.3) is 11.1 Å². The molecule has 0 aliphatic heterocycles. The summed E-state index contributed by atoms with van der Waals surface area (Å²) in [6.45, 7) is 4.57. The standard InChI is InChI=1S/C15H12Si2/c1-15(2)13-7-9(16)3-5-11(13)12-6-4-10(17)8-14(12)15/h3-8H,1-2H3. The molecule has 3 rings (SSSR count). The van der Waals surface area contributed by atoms with Crippen LogP contribution in [0.2, 0.25) is 0 Å². The molecule has 2 heteroatoms. The fraction of sp³-hybridized carbons (Fsp3) is 0.200. The van der Waals surface area contributed by atoms with E-state index < -0.39 is 0 Å². The lowest BCUT2D eigenvalue weighted by molar-refractivity contribution is 0.661. The first-order valence-electron chi connectivity index (χ1n) is 5.73. The number of rotatable bonds is 0. The van der Waals surface area contributed by atoms with E-state index in [1.165, 1.54) is 22.3 Å². The molecule has 0 unspecified atom stereocenters. The van der Waals surface area contributed by atoms with E-state index >= 15 is 0 Å². The van der Waals surface area contributed by atoms with Gasteiger partial charge in [-0.2, -0.15) is 0 Å². The minimum Gasteiger partial charge on any atom is -0.0670 e. The minimum atomic E-state index is 0.0794. The summed E-state index contributed by atoms with van der Waals surface area (Å²) in [5, 5.41) is 2.28. The van der Waals surface area contributed by atoms with Crippen LogP contribution in [0.3, 0.4) is 0 Å². The van der Waals surface area contributed by atoms with E-state index in [-0.39, 0.29) is 5.41 Å². The summed E-state index contributed by atoms with van der Waals surface area (Å²) in [5.74, 6) is 0. The Morgan fingerprint density at radius 1 is 0.765 bits per heavy atom. The molecule has 0 fully saturated rings. The third kappa shape index (κ3) is 1.48. The van der Waals surface area contributed by atoms with Gasteiger partial charge in [0.15, 0.2) is 0 Å². The Hall–Kier alpha value is -1.13. The van der Waals surface area contributed by atoms with Crippen molar-refractivity contribution in [3.63, 3.8) is 0 Å². The largest absolute Gasteiger partial charge is 0.0711 e. The highest BCUT2D eigenvalue weighted by atomic mass is 28.1. The number of hydrogen-bond acceptors (Lipinski definition) is 0. The Balaban J connectivity index is 2.37. The third-order valence-electron chi connectivity index (χ3n) is 3.68. The second-order valence-electron chi connectivity index (χ2n) is 5.15. The Kier molecular flexibility index (Phi) is 2.22. The molecule has 2 aromatic rings. The summed E-state index contributed by atoms with van der Waals surface area (Å²) in [7, 11) is 7.24. The van der Waals surface area contributed by atoms with Crippen molar-refractivity contribution in [2.45, 2.75) is 19.3 Å². The average Bonchev–Trinajstić information content (AvgIpc) is 2.49. The number of fused-ring (bicyclic) bond motifs is 3. The van der Waals surface area contributed by atoms with Crippen LogP contribution in [0, 0.1) is 0 Å². The quantitative estimate of drug-likeness (QED) is 0.621. The molecule has 17 heavy (non-hydrogen) atoms. The molecule has 2 aromatic carbocycles. The van der Waals surface area contributed by atoms with Gasteiger partial charge in [0.25, 0.3) is 0 Å². The van der Waals surface area contributed by atoms with E-state index in [9.17, 15) is 0 Å². The fourth-order valence-corrected chi connectivity index (χ4v) is 3.19. The molecule has 0 atom stereocenters. The molecule has 0 aromatic heterocycles. The van der Waals surface area contributed by atoms with Crippen molar-refractivity contribution in [1.82, 2.24) is 0 Å². The molecule has 1 aliphatic rings. The molecule has 1 aliphatic carbocycles. The van der Waals surface area contributed by atoms with Crippen molar-refractivity contribution in [3.05, 3.63) is 47.5 Å². The number of benzene rings is 2. The summed E-state index contributed by atoms with van der Waals surface area (Å²) in [6.07, 6.45) is 0. The molecule has 0 spiro atoms. The summed E-state index contributed by atoms with van der Waals surface area (Å²) in [5.41, 5.74) is 5.60. The molecular weight excluding hydrogens is 236 g/mol. The molecule has 0 amide bonds. The highest BCUT2D eigenvalue weighted by Crippen LogP contribution is 2.47. The van der Waals surface area contributed by atoms with Gasteiger partial charge < -0.3 is 0 Å². The highest BCUT2D eigenvalue weighted by molar-refractivity contribution is 6.33. The van der Waals surface area contributed by atoms with Crippen molar-refractivity contribution in [3.8, 4) is 11.1 Å². The molecule has 0 nitrogen and oxygen atoms in total. The summed E-state index contributed by atoms with van der Waals surface area (Å²) < 4.78 is 0. The average molecular weight is 248 g/mol. The van der Waals surface area contributed by atoms with E-state index in [1.807, 2.05) is 0 Å². The molecule has 0 saturated heterocycles. The molecule has 0 bridgehead atoms. The molecule has 6 radical (unpaired) electrons. The Morgan fingerprint density at radius 3 is 1.59 bits per heavy atom. The van der Waals surface area contributed by atoms with E-state index in [0.29, 0.717) is 0 Å². The van der Waals surface area contributed by atoms with Crippen LogP contribution in [0.5, 0.6) is 0 Å². The zero-order valence-corrected chi connectivity index (χ0v) is 12.0. The zero-order chi connectivity index (χ0) is 12.2. The van der Waals surface area contributed by atoms with Gasteiger partial charge in [-0.25, -0.2) is 0 Å². The normalized spacial score (nSPS) is 15.5. The lowest BCUT2D eigenvalue weighted by Gasteiger charge is -2.22. The van der Waals surface area contributed by atoms with Crippen molar-refractivity contribution >= 4 is 30.9 Å². The van der Waals surface area contributed by atoms with Gasteiger partial charge in [0.1, 0.15) is 0 Å². The van der Waals surface area contributed by atoms with Gasteiger partial charge in [-0.05, 0) is 22.3 Å². The highest BCUT2D eigenvalue weighted by Gasteiger charge is 2.35. The first-order valence-corrected chi connectivity index (χ1v) is 6.73. The first-order chi connectivity index (χ1) is 8.00. The maximum Gasteiger partial charge on any atom is 0.0711 e. The van der Waals surface area contributed by atoms with Gasteiger partial charge in [0.2, 0.25) is 0 Å². The minimum absolute atomic E-state index is 0.0794. The Bertz CT molecular complexity index is 559. The SMILES string of the molecule is CC1(C)c2cc([Si])ccc2-c2ccc([Si])cc21. The van der Waals surface area contributed by atoms with Crippen molar-refractivity contribution in [1.29, 1.82) is 0 Å². The molecule has 0 N–H and O–H groups in total. The van der Waals surface area contributed by atoms with Crippen LogP contribution >= 0.6 is 0 Å². The van der Waals surface area contributed by atoms with Gasteiger partial charge in [-0.1, -0.05) is 60.6 Å². The van der Waals surface area contributed by atoms with Crippen LogP contribution in [0.1, 0.15) is 25.0 Å². The maximum absolute atomic E-state index is 3.62. The molecule has 0 heterocycles. The number of hydrogen-bond donors (Lipinski definition) is 0. The van der Waals surface area contributed by atoms with Gasteiger partial charge in [-0.15, -0.1) is 0 Å². The van der Waals surface area contributed by atoms with Crippen LogP contribution in [-0.2, 0) is 5.41 Å². The lowest BCUT2D eigenvalue weighted by atomic mass is 9.82. The first kappa shape index (κ1) is 11.0. The van der Waals surface area contributed by atoms with E-state index in [4.69, 9.17) is 0 Å². The topological polar surface area (TPSA) is 0 Å². The van der Waals surface area contributed by atoms with Crippen molar-refractivity contribution in [2.75, 3.05) is 0 Å². The van der Waals surface area contributed by atoms with Crippen molar-refractivity contribution in [2.24, 2.45) is 0 Å². The van der Waals surface area contributed by atoms with E-state index in [2.05, 4.69) is 70.7 Å². The second kappa shape index (κ2) is 3.43. The van der Waals surface area contributed by atoms with Crippen LogP contribution in [0.4, 0.5) is 0 Å². The third-order valence-corrected chi connectivity index (χ3v) is 4.30. The van der Waals surface area contributed by atoms with Crippen molar-refractivity contribution < 1.29 is 0 Å². The monoisotopic (exact) mass is 248 g/mol.